The van der Waals surface area contributed by atoms with Crippen molar-refractivity contribution in [2.45, 2.75) is 59.4 Å². The van der Waals surface area contributed by atoms with Gasteiger partial charge in [0.25, 0.3) is 0 Å². The van der Waals surface area contributed by atoms with E-state index >= 15 is 0 Å². The highest BCUT2D eigenvalue weighted by Crippen LogP contribution is 2.42. The van der Waals surface area contributed by atoms with Crippen LogP contribution in [0.5, 0.6) is 0 Å². The van der Waals surface area contributed by atoms with Crippen molar-refractivity contribution >= 4 is 49.0 Å². The molecule has 0 spiro atoms. The summed E-state index contributed by atoms with van der Waals surface area (Å²) < 4.78 is 4.79. The quantitative estimate of drug-likeness (QED) is 0.111. The summed E-state index contributed by atoms with van der Waals surface area (Å²) in [5, 5.41) is 6.54. The fourth-order valence-corrected chi connectivity index (χ4v) is 5.98. The predicted octanol–water partition coefficient (Wildman–Crippen LogP) is 7.80. The van der Waals surface area contributed by atoms with Crippen molar-refractivity contribution in [1.29, 1.82) is 0 Å². The molecular formula is C32H32N3+. The average molecular weight is 459 g/mol. The van der Waals surface area contributed by atoms with Crippen LogP contribution in [-0.4, -0.2) is 9.94 Å². The van der Waals surface area contributed by atoms with Crippen molar-refractivity contribution in [2.24, 2.45) is 7.05 Å². The molecule has 0 fully saturated rings. The first-order valence-corrected chi connectivity index (χ1v) is 12.5. The first-order valence-electron chi connectivity index (χ1n) is 12.5. The maximum atomic E-state index is 7.68. The van der Waals surface area contributed by atoms with Gasteiger partial charge in [-0.05, 0) is 71.7 Å². The highest BCUT2D eigenvalue weighted by Gasteiger charge is 2.28. The van der Waals surface area contributed by atoms with E-state index in [-0.39, 0.29) is 0 Å². The van der Waals surface area contributed by atoms with Gasteiger partial charge in [0.1, 0.15) is 7.05 Å². The largest absolute Gasteiger partial charge is 0.311 e. The molecule has 3 aromatic heterocycles. The second-order valence-corrected chi connectivity index (χ2v) is 11.3. The Hall–Kier alpha value is -3.64. The SMILES string of the molecule is [C-]#[N+]C(C)(C)Cc1cc2cc[n+](C)c3c4c(C)c(C)cc5c6cc(C(C)C)ccc6n(c(c1)c23)c54. The molecule has 0 aliphatic rings. The second kappa shape index (κ2) is 7.18. The van der Waals surface area contributed by atoms with Crippen molar-refractivity contribution in [1.82, 2.24) is 4.40 Å². The minimum atomic E-state index is -0.427. The Morgan fingerprint density at radius 3 is 2.46 bits per heavy atom. The highest BCUT2D eigenvalue weighted by atomic mass is 15.0. The molecule has 6 rings (SSSR count). The van der Waals surface area contributed by atoms with E-state index in [1.54, 1.807) is 0 Å². The molecule has 0 aliphatic heterocycles. The number of pyridine rings is 2. The van der Waals surface area contributed by atoms with E-state index in [1.165, 1.54) is 71.3 Å². The summed E-state index contributed by atoms with van der Waals surface area (Å²) in [4.78, 5) is 3.90. The summed E-state index contributed by atoms with van der Waals surface area (Å²) in [7, 11) is 2.16. The molecule has 0 bridgehead atoms. The standard InChI is InChI=1S/C32H32N3/c1-18(2)22-9-10-26-24(16-22)25-13-19(3)20(4)28-30(25)35(26)27-15-21(17-32(5,6)33-7)14-23-11-12-34(8)31(28)29(23)27/h9-16,18H,17H2,1-6,8H3/q+1. The maximum Gasteiger partial charge on any atom is 0.231 e. The summed E-state index contributed by atoms with van der Waals surface area (Å²) in [6.45, 7) is 20.8. The fourth-order valence-electron chi connectivity index (χ4n) is 5.98. The molecule has 3 heteroatoms. The molecule has 3 aromatic carbocycles. The maximum absolute atomic E-state index is 7.68. The lowest BCUT2D eigenvalue weighted by molar-refractivity contribution is -0.643. The molecule has 0 aliphatic carbocycles. The minimum Gasteiger partial charge on any atom is -0.311 e. The zero-order valence-electron chi connectivity index (χ0n) is 21.7. The Kier molecular flexibility index (Phi) is 4.49. The van der Waals surface area contributed by atoms with Gasteiger partial charge in [-0.15, -0.1) is 0 Å². The molecule has 0 radical (unpaired) electrons. The van der Waals surface area contributed by atoms with Crippen LogP contribution in [0.25, 0.3) is 53.8 Å². The topological polar surface area (TPSA) is 12.7 Å². The van der Waals surface area contributed by atoms with Crippen molar-refractivity contribution in [3.8, 4) is 0 Å². The molecule has 6 aromatic rings. The molecule has 0 unspecified atom stereocenters. The molecule has 0 amide bonds. The number of hydrogen-bond acceptors (Lipinski definition) is 0. The summed E-state index contributed by atoms with van der Waals surface area (Å²) in [5.74, 6) is 0.481. The van der Waals surface area contributed by atoms with Crippen LogP contribution in [0.2, 0.25) is 0 Å². The van der Waals surface area contributed by atoms with E-state index in [2.05, 4.69) is 97.2 Å². The Morgan fingerprint density at radius 2 is 1.74 bits per heavy atom. The van der Waals surface area contributed by atoms with E-state index in [4.69, 9.17) is 6.57 Å². The smallest absolute Gasteiger partial charge is 0.231 e. The van der Waals surface area contributed by atoms with E-state index in [0.717, 1.165) is 6.42 Å². The molecule has 35 heavy (non-hydrogen) atoms. The summed E-state index contributed by atoms with van der Waals surface area (Å²) in [6.07, 6.45) is 2.92. The number of fused-ring (bicyclic) bond motifs is 5. The Morgan fingerprint density at radius 1 is 0.971 bits per heavy atom. The molecule has 0 N–H and O–H groups in total. The van der Waals surface area contributed by atoms with Gasteiger partial charge in [0.15, 0.2) is 6.20 Å². The number of aryl methyl sites for hydroxylation is 3. The molecule has 0 saturated carbocycles. The van der Waals surface area contributed by atoms with Crippen LogP contribution >= 0.6 is 0 Å². The number of hydrogen-bond donors (Lipinski definition) is 0. The summed E-state index contributed by atoms with van der Waals surface area (Å²) in [6, 6.07) is 16.3. The molecule has 0 atom stereocenters. The zero-order chi connectivity index (χ0) is 24.8. The Balaban J connectivity index is 1.92. The normalized spacial score (nSPS) is 12.8. The number of nitrogens with zero attached hydrogens (tertiary/aromatic N) is 3. The monoisotopic (exact) mass is 458 g/mol. The van der Waals surface area contributed by atoms with Crippen LogP contribution in [0.1, 0.15) is 55.9 Å². The lowest BCUT2D eigenvalue weighted by Gasteiger charge is -2.16. The van der Waals surface area contributed by atoms with Crippen molar-refractivity contribution < 1.29 is 4.57 Å². The minimum absolute atomic E-state index is 0.427. The van der Waals surface area contributed by atoms with E-state index in [9.17, 15) is 0 Å². The van der Waals surface area contributed by atoms with Crippen LogP contribution < -0.4 is 4.57 Å². The average Bonchev–Trinajstić information content (AvgIpc) is 3.13. The van der Waals surface area contributed by atoms with Crippen molar-refractivity contribution in [2.75, 3.05) is 0 Å². The lowest BCUT2D eigenvalue weighted by atomic mass is 9.92. The van der Waals surface area contributed by atoms with E-state index < -0.39 is 5.54 Å². The Bertz CT molecular complexity index is 1860. The van der Waals surface area contributed by atoms with Gasteiger partial charge < -0.3 is 9.25 Å². The number of benzene rings is 3. The first kappa shape index (κ1) is 21.9. The highest BCUT2D eigenvalue weighted by molar-refractivity contribution is 6.26. The second-order valence-electron chi connectivity index (χ2n) is 11.3. The number of rotatable bonds is 3. The van der Waals surface area contributed by atoms with E-state index in [0.29, 0.717) is 5.92 Å². The molecule has 3 heterocycles. The third-order valence-electron chi connectivity index (χ3n) is 7.95. The van der Waals surface area contributed by atoms with Gasteiger partial charge in [-0.3, -0.25) is 0 Å². The fraction of sp³-hybridized carbons (Fsp3) is 0.312. The van der Waals surface area contributed by atoms with Crippen molar-refractivity contribution in [3.05, 3.63) is 82.3 Å². The van der Waals surface area contributed by atoms with Crippen molar-refractivity contribution in [3.63, 3.8) is 0 Å². The van der Waals surface area contributed by atoms with E-state index in [1.807, 2.05) is 13.8 Å². The van der Waals surface area contributed by atoms with Gasteiger partial charge in [-0.2, -0.15) is 0 Å². The third kappa shape index (κ3) is 2.99. The van der Waals surface area contributed by atoms with Gasteiger partial charge in [0.05, 0.1) is 33.7 Å². The van der Waals surface area contributed by atoms with Crippen LogP contribution in [-0.2, 0) is 13.5 Å². The Labute approximate surface area is 206 Å². The zero-order valence-corrected chi connectivity index (χ0v) is 21.7. The van der Waals surface area contributed by atoms with Crippen LogP contribution in [0.4, 0.5) is 0 Å². The predicted molar refractivity (Wildman–Crippen MR) is 148 cm³/mol. The number of aromatic nitrogens is 2. The molecule has 174 valence electrons. The third-order valence-corrected chi connectivity index (χ3v) is 7.95. The van der Waals surface area contributed by atoms with Gasteiger partial charge in [0, 0.05) is 30.7 Å². The first-order chi connectivity index (χ1) is 16.6. The van der Waals surface area contributed by atoms with Crippen LogP contribution in [0.3, 0.4) is 0 Å². The lowest BCUT2D eigenvalue weighted by Crippen LogP contribution is -2.29. The van der Waals surface area contributed by atoms with Gasteiger partial charge >= 0.3 is 0 Å². The molecule has 0 saturated heterocycles. The summed E-state index contributed by atoms with van der Waals surface area (Å²) >= 11 is 0. The van der Waals surface area contributed by atoms with Gasteiger partial charge in [-0.1, -0.05) is 26.0 Å². The van der Waals surface area contributed by atoms with Gasteiger partial charge in [-0.25, -0.2) is 11.1 Å². The summed E-state index contributed by atoms with van der Waals surface area (Å²) in [5.41, 5.74) is 9.93. The van der Waals surface area contributed by atoms with Crippen LogP contribution in [0, 0.1) is 20.4 Å². The molecule has 3 nitrogen and oxygen atoms in total. The van der Waals surface area contributed by atoms with Gasteiger partial charge in [0.2, 0.25) is 11.1 Å². The molecular weight excluding hydrogens is 426 g/mol. The van der Waals surface area contributed by atoms with Crippen LogP contribution in [0.15, 0.2) is 48.7 Å².